The molecule has 1 atom stereocenters. The lowest BCUT2D eigenvalue weighted by atomic mass is 10.1. The number of carboxylic acid groups (broad SMARTS) is 4. The Labute approximate surface area is 101 Å². The van der Waals surface area contributed by atoms with E-state index in [4.69, 9.17) is 20.4 Å². The molecule has 0 heterocycles. The van der Waals surface area contributed by atoms with Gasteiger partial charge in [-0.1, -0.05) is 6.58 Å². The highest BCUT2D eigenvalue weighted by Gasteiger charge is 2.34. The van der Waals surface area contributed by atoms with Crippen molar-refractivity contribution in [3.8, 4) is 0 Å². The van der Waals surface area contributed by atoms with Crippen LogP contribution in [0.15, 0.2) is 12.2 Å². The molecule has 0 saturated heterocycles. The molecule has 4 N–H and O–H groups in total. The van der Waals surface area contributed by atoms with Crippen molar-refractivity contribution in [3.05, 3.63) is 12.2 Å². The second-order valence-electron chi connectivity index (χ2n) is 3.26. The third-order valence-corrected chi connectivity index (χ3v) is 1.88. The maximum atomic E-state index is 10.9. The summed E-state index contributed by atoms with van der Waals surface area (Å²) in [5, 5.41) is 34.6. The average molecular weight is 261 g/mol. The van der Waals surface area contributed by atoms with Crippen LogP contribution in [0.2, 0.25) is 0 Å². The molecule has 0 aliphatic rings. The number of aliphatic carboxylic acids is 4. The second kappa shape index (κ2) is 6.35. The van der Waals surface area contributed by atoms with Gasteiger partial charge in [-0.15, -0.1) is 0 Å². The quantitative estimate of drug-likeness (QED) is 0.384. The molecular formula is C9H11NO8. The van der Waals surface area contributed by atoms with Crippen molar-refractivity contribution in [2.24, 2.45) is 0 Å². The third-order valence-electron chi connectivity index (χ3n) is 1.88. The molecular weight excluding hydrogens is 250 g/mol. The number of rotatable bonds is 8. The number of carboxylic acids is 4. The Bertz CT molecular complexity index is 385. The lowest BCUT2D eigenvalue weighted by Gasteiger charge is -2.25. The first-order valence-electron chi connectivity index (χ1n) is 4.49. The van der Waals surface area contributed by atoms with Gasteiger partial charge in [-0.05, 0) is 0 Å². The minimum absolute atomic E-state index is 0.476. The van der Waals surface area contributed by atoms with Gasteiger partial charge in [-0.2, -0.15) is 0 Å². The van der Waals surface area contributed by atoms with Gasteiger partial charge in [0, 0.05) is 0 Å². The predicted molar refractivity (Wildman–Crippen MR) is 55.0 cm³/mol. The summed E-state index contributed by atoms with van der Waals surface area (Å²) < 4.78 is 0. The van der Waals surface area contributed by atoms with Gasteiger partial charge in [-0.3, -0.25) is 19.3 Å². The molecule has 100 valence electrons. The van der Waals surface area contributed by atoms with Crippen LogP contribution in [-0.2, 0) is 19.2 Å². The molecule has 9 heteroatoms. The van der Waals surface area contributed by atoms with Gasteiger partial charge in [-0.25, -0.2) is 4.79 Å². The van der Waals surface area contributed by atoms with E-state index in [2.05, 4.69) is 6.58 Å². The Balaban J connectivity index is 5.26. The fourth-order valence-electron chi connectivity index (χ4n) is 1.23. The monoisotopic (exact) mass is 261 g/mol. The largest absolute Gasteiger partial charge is 0.480 e. The van der Waals surface area contributed by atoms with Crippen molar-refractivity contribution >= 4 is 23.9 Å². The Morgan fingerprint density at radius 3 is 1.56 bits per heavy atom. The van der Waals surface area contributed by atoms with Crippen molar-refractivity contribution < 1.29 is 39.6 Å². The lowest BCUT2D eigenvalue weighted by molar-refractivity contribution is -0.150. The fourth-order valence-corrected chi connectivity index (χ4v) is 1.23. The summed E-state index contributed by atoms with van der Waals surface area (Å²) in [4.78, 5) is 43.0. The summed E-state index contributed by atoms with van der Waals surface area (Å²) in [6.45, 7) is 1.13. The van der Waals surface area contributed by atoms with E-state index in [9.17, 15) is 19.2 Å². The molecule has 0 amide bonds. The molecule has 0 aromatic carbocycles. The van der Waals surface area contributed by atoms with E-state index in [1.54, 1.807) is 0 Å². The zero-order chi connectivity index (χ0) is 14.5. The molecule has 0 spiro atoms. The maximum Gasteiger partial charge on any atom is 0.333 e. The van der Waals surface area contributed by atoms with Crippen molar-refractivity contribution in [2.75, 3.05) is 13.1 Å². The van der Waals surface area contributed by atoms with Crippen LogP contribution in [0.5, 0.6) is 0 Å². The minimum Gasteiger partial charge on any atom is -0.480 e. The summed E-state index contributed by atoms with van der Waals surface area (Å²) in [6.07, 6.45) is 0. The van der Waals surface area contributed by atoms with Gasteiger partial charge in [0.2, 0.25) is 0 Å². The maximum absolute atomic E-state index is 10.9. The van der Waals surface area contributed by atoms with Gasteiger partial charge in [0.05, 0.1) is 18.7 Å². The van der Waals surface area contributed by atoms with E-state index in [0.717, 1.165) is 0 Å². The first kappa shape index (κ1) is 15.6. The molecule has 0 aliphatic heterocycles. The van der Waals surface area contributed by atoms with Crippen LogP contribution < -0.4 is 0 Å². The SMILES string of the molecule is C=C(C(=O)O)C(C(=O)O)N(CC(=O)O)CC(=O)O. The first-order chi connectivity index (χ1) is 8.16. The number of hydrogen-bond acceptors (Lipinski definition) is 5. The zero-order valence-electron chi connectivity index (χ0n) is 9.07. The molecule has 0 saturated carbocycles. The van der Waals surface area contributed by atoms with E-state index in [-0.39, 0.29) is 0 Å². The highest BCUT2D eigenvalue weighted by atomic mass is 16.4. The van der Waals surface area contributed by atoms with Crippen molar-refractivity contribution in [2.45, 2.75) is 6.04 Å². The molecule has 0 aliphatic carbocycles. The van der Waals surface area contributed by atoms with E-state index < -0.39 is 48.6 Å². The van der Waals surface area contributed by atoms with Crippen molar-refractivity contribution in [1.82, 2.24) is 4.90 Å². The summed E-state index contributed by atoms with van der Waals surface area (Å²) in [5.41, 5.74) is -0.815. The van der Waals surface area contributed by atoms with Gasteiger partial charge in [0.25, 0.3) is 0 Å². The molecule has 0 aromatic rings. The standard InChI is InChI=1S/C9H11NO8/c1-4(8(15)16)7(9(17)18)10(2-5(11)12)3-6(13)14/h7H,1-3H2,(H,11,12)(H,13,14)(H,15,16)(H,17,18). The molecule has 0 fully saturated rings. The fraction of sp³-hybridized carbons (Fsp3) is 0.333. The van der Waals surface area contributed by atoms with Gasteiger partial charge in [0.1, 0.15) is 6.04 Å². The van der Waals surface area contributed by atoms with Gasteiger partial charge >= 0.3 is 23.9 Å². The van der Waals surface area contributed by atoms with Crippen molar-refractivity contribution in [1.29, 1.82) is 0 Å². The summed E-state index contributed by atoms with van der Waals surface area (Å²) in [7, 11) is 0. The lowest BCUT2D eigenvalue weighted by Crippen LogP contribution is -2.48. The molecule has 0 radical (unpaired) electrons. The zero-order valence-corrected chi connectivity index (χ0v) is 9.07. The third kappa shape index (κ3) is 4.61. The Morgan fingerprint density at radius 2 is 1.33 bits per heavy atom. The molecule has 0 bridgehead atoms. The smallest absolute Gasteiger partial charge is 0.333 e. The van der Waals surface area contributed by atoms with Crippen LogP contribution in [0.4, 0.5) is 0 Å². The van der Waals surface area contributed by atoms with Crippen molar-refractivity contribution in [3.63, 3.8) is 0 Å². The first-order valence-corrected chi connectivity index (χ1v) is 4.49. The van der Waals surface area contributed by atoms with Gasteiger partial charge in [0.15, 0.2) is 0 Å². The van der Waals surface area contributed by atoms with E-state index in [1.165, 1.54) is 0 Å². The topological polar surface area (TPSA) is 152 Å². The molecule has 1 unspecified atom stereocenters. The average Bonchev–Trinajstić information content (AvgIpc) is 2.14. The minimum atomic E-state index is -1.92. The van der Waals surface area contributed by atoms with Crippen LogP contribution in [-0.4, -0.2) is 68.3 Å². The van der Waals surface area contributed by atoms with Crippen LogP contribution in [0.25, 0.3) is 0 Å². The number of carbonyl (C=O) groups is 4. The summed E-state index contributed by atoms with van der Waals surface area (Å²) >= 11 is 0. The number of nitrogens with zero attached hydrogens (tertiary/aromatic N) is 1. The van der Waals surface area contributed by atoms with E-state index in [1.807, 2.05) is 0 Å². The highest BCUT2D eigenvalue weighted by Crippen LogP contribution is 2.10. The number of hydrogen-bond donors (Lipinski definition) is 4. The normalized spacial score (nSPS) is 11.8. The molecule has 0 aromatic heterocycles. The molecule has 0 rings (SSSR count). The Kier molecular flexibility index (Phi) is 5.49. The van der Waals surface area contributed by atoms with Crippen LogP contribution >= 0.6 is 0 Å². The Hall–Kier alpha value is -2.42. The van der Waals surface area contributed by atoms with Gasteiger partial charge < -0.3 is 20.4 Å². The second-order valence-corrected chi connectivity index (χ2v) is 3.26. The van der Waals surface area contributed by atoms with Crippen LogP contribution in [0.1, 0.15) is 0 Å². The Morgan fingerprint density at radius 1 is 0.944 bits per heavy atom. The molecule has 9 nitrogen and oxygen atoms in total. The summed E-state index contributed by atoms with van der Waals surface area (Å²) in [5.74, 6) is -6.31. The van der Waals surface area contributed by atoms with Crippen LogP contribution in [0.3, 0.4) is 0 Å². The molecule has 18 heavy (non-hydrogen) atoms. The van der Waals surface area contributed by atoms with E-state index >= 15 is 0 Å². The van der Waals surface area contributed by atoms with Crippen LogP contribution in [0, 0.1) is 0 Å². The summed E-state index contributed by atoms with van der Waals surface area (Å²) in [6, 6.07) is -1.92. The van der Waals surface area contributed by atoms with E-state index in [0.29, 0.717) is 4.90 Å². The highest BCUT2D eigenvalue weighted by molar-refractivity contribution is 5.96. The predicted octanol–water partition coefficient (Wildman–Crippen LogP) is -1.45.